The van der Waals surface area contributed by atoms with Gasteiger partial charge in [0, 0.05) is 12.2 Å². The van der Waals surface area contributed by atoms with Crippen molar-refractivity contribution in [3.63, 3.8) is 0 Å². The van der Waals surface area contributed by atoms with Gasteiger partial charge in [-0.15, -0.1) is 0 Å². The number of carbonyl (C=O) groups is 1. The van der Waals surface area contributed by atoms with Crippen LogP contribution in [0.2, 0.25) is 0 Å². The lowest BCUT2D eigenvalue weighted by molar-refractivity contribution is -0.129. The van der Waals surface area contributed by atoms with Crippen molar-refractivity contribution in [3.8, 4) is 5.75 Å². The predicted molar refractivity (Wildman–Crippen MR) is 81.1 cm³/mol. The van der Waals surface area contributed by atoms with Crippen LogP contribution < -0.4 is 15.8 Å². The Morgan fingerprint density at radius 1 is 1.50 bits per heavy atom. The first-order chi connectivity index (χ1) is 9.61. The molecule has 1 fully saturated rings. The molecule has 0 radical (unpaired) electrons. The lowest BCUT2D eigenvalue weighted by atomic mass is 10.1. The lowest BCUT2D eigenvalue weighted by Crippen LogP contribution is -2.33. The van der Waals surface area contributed by atoms with E-state index in [2.05, 4.69) is 5.32 Å². The normalized spacial score (nSPS) is 18.4. The van der Waals surface area contributed by atoms with Gasteiger partial charge >= 0.3 is 0 Å². The number of anilines is 1. The summed E-state index contributed by atoms with van der Waals surface area (Å²) in [7, 11) is 1.53. The van der Waals surface area contributed by atoms with E-state index in [9.17, 15) is 4.79 Å². The van der Waals surface area contributed by atoms with Crippen LogP contribution in [-0.4, -0.2) is 30.7 Å². The van der Waals surface area contributed by atoms with Gasteiger partial charge in [-0.05, 0) is 37.5 Å². The highest BCUT2D eigenvalue weighted by Gasteiger charge is 2.22. The summed E-state index contributed by atoms with van der Waals surface area (Å²) < 4.78 is 10.7. The van der Waals surface area contributed by atoms with Crippen LogP contribution in [0.1, 0.15) is 24.8 Å². The topological polar surface area (TPSA) is 73.6 Å². The molecule has 0 bridgehead atoms. The smallest absolute Gasteiger partial charge is 0.253 e. The van der Waals surface area contributed by atoms with E-state index in [0.717, 1.165) is 19.3 Å². The Hall–Kier alpha value is -1.66. The molecule has 1 atom stereocenters. The zero-order chi connectivity index (χ0) is 14.5. The number of carbonyl (C=O) groups excluding carboxylic acids is 1. The second-order valence-electron chi connectivity index (χ2n) is 4.62. The Kier molecular flexibility index (Phi) is 4.92. The third-order valence-corrected chi connectivity index (χ3v) is 3.45. The maximum atomic E-state index is 12.1. The number of amides is 1. The summed E-state index contributed by atoms with van der Waals surface area (Å²) in [6, 6.07) is 5.19. The first-order valence-corrected chi connectivity index (χ1v) is 6.93. The van der Waals surface area contributed by atoms with E-state index in [4.69, 9.17) is 27.4 Å². The first-order valence-electron chi connectivity index (χ1n) is 6.52. The molecule has 108 valence electrons. The van der Waals surface area contributed by atoms with Crippen molar-refractivity contribution in [1.82, 2.24) is 0 Å². The summed E-state index contributed by atoms with van der Waals surface area (Å²) in [5, 5.41) is 2.82. The molecule has 2 rings (SSSR count). The van der Waals surface area contributed by atoms with E-state index >= 15 is 0 Å². The number of methoxy groups -OCH3 is 1. The third kappa shape index (κ3) is 3.46. The third-order valence-electron chi connectivity index (χ3n) is 3.22. The van der Waals surface area contributed by atoms with Crippen molar-refractivity contribution in [2.45, 2.75) is 25.4 Å². The zero-order valence-electron chi connectivity index (χ0n) is 11.3. The molecule has 5 nitrogen and oxygen atoms in total. The molecule has 0 saturated carbocycles. The summed E-state index contributed by atoms with van der Waals surface area (Å²) in [5.74, 6) is 0.380. The van der Waals surface area contributed by atoms with Gasteiger partial charge in [0.15, 0.2) is 0 Å². The summed E-state index contributed by atoms with van der Waals surface area (Å²) in [4.78, 5) is 12.4. The molecule has 6 heteroatoms. The number of hydrogen-bond donors (Lipinski definition) is 2. The fourth-order valence-corrected chi connectivity index (χ4v) is 2.24. The predicted octanol–water partition coefficient (Wildman–Crippen LogP) is 1.84. The molecule has 0 aliphatic carbocycles. The minimum absolute atomic E-state index is 0.147. The number of nitrogens with one attached hydrogen (secondary N) is 1. The molecule has 1 aliphatic rings. The van der Waals surface area contributed by atoms with Gasteiger partial charge in [0.2, 0.25) is 0 Å². The van der Waals surface area contributed by atoms with Crippen molar-refractivity contribution < 1.29 is 14.3 Å². The fraction of sp³-hybridized carbons (Fsp3) is 0.429. The van der Waals surface area contributed by atoms with E-state index < -0.39 is 0 Å². The molecular formula is C14H18N2O3S. The minimum Gasteiger partial charge on any atom is -0.495 e. The zero-order valence-corrected chi connectivity index (χ0v) is 12.2. The Balaban J connectivity index is 2.11. The molecule has 1 heterocycles. The summed E-state index contributed by atoms with van der Waals surface area (Å²) in [6.45, 7) is 0.635. The van der Waals surface area contributed by atoms with Gasteiger partial charge in [-0.25, -0.2) is 0 Å². The van der Waals surface area contributed by atoms with Crippen molar-refractivity contribution in [3.05, 3.63) is 23.8 Å². The standard InChI is InChI=1S/C14H18N2O3S/c1-18-12-8-9(13(15)20)5-6-10(12)16-14(17)11-4-2-3-7-19-11/h5-6,8,11H,2-4,7H2,1H3,(H2,15,20)(H,16,17). The number of ether oxygens (including phenoxy) is 2. The number of thiocarbonyl (C=S) groups is 1. The average molecular weight is 294 g/mol. The summed E-state index contributed by atoms with van der Waals surface area (Å²) in [6.07, 6.45) is 2.38. The Morgan fingerprint density at radius 2 is 2.30 bits per heavy atom. The van der Waals surface area contributed by atoms with Crippen LogP contribution in [0.15, 0.2) is 18.2 Å². The number of nitrogens with two attached hydrogens (primary N) is 1. The van der Waals surface area contributed by atoms with Crippen LogP contribution in [0.3, 0.4) is 0 Å². The Bertz CT molecular complexity index is 513. The van der Waals surface area contributed by atoms with Crippen molar-refractivity contribution in [2.24, 2.45) is 5.73 Å². The molecule has 0 spiro atoms. The highest BCUT2D eigenvalue weighted by molar-refractivity contribution is 7.80. The second kappa shape index (κ2) is 6.67. The van der Waals surface area contributed by atoms with Gasteiger partial charge in [-0.3, -0.25) is 4.79 Å². The highest BCUT2D eigenvalue weighted by atomic mass is 32.1. The van der Waals surface area contributed by atoms with Crippen molar-refractivity contribution in [2.75, 3.05) is 19.0 Å². The van der Waals surface area contributed by atoms with Crippen LogP contribution in [0.4, 0.5) is 5.69 Å². The van der Waals surface area contributed by atoms with E-state index in [-0.39, 0.29) is 17.0 Å². The first kappa shape index (κ1) is 14.7. The highest BCUT2D eigenvalue weighted by Crippen LogP contribution is 2.26. The Labute approximate surface area is 123 Å². The van der Waals surface area contributed by atoms with Gasteiger partial charge in [-0.2, -0.15) is 0 Å². The number of rotatable bonds is 4. The van der Waals surface area contributed by atoms with E-state index in [1.54, 1.807) is 18.2 Å². The molecule has 0 aromatic heterocycles. The summed E-state index contributed by atoms with van der Waals surface area (Å²) in [5.41, 5.74) is 6.86. The molecule has 1 aliphatic heterocycles. The molecule has 1 saturated heterocycles. The van der Waals surface area contributed by atoms with E-state index in [0.29, 0.717) is 23.6 Å². The average Bonchev–Trinajstić information content (AvgIpc) is 2.48. The molecule has 3 N–H and O–H groups in total. The van der Waals surface area contributed by atoms with Gasteiger partial charge in [0.05, 0.1) is 12.8 Å². The quantitative estimate of drug-likeness (QED) is 0.829. The van der Waals surface area contributed by atoms with Crippen LogP contribution in [0, 0.1) is 0 Å². The van der Waals surface area contributed by atoms with Crippen LogP contribution >= 0.6 is 12.2 Å². The summed E-state index contributed by atoms with van der Waals surface area (Å²) >= 11 is 4.92. The molecule has 1 aromatic rings. The molecular weight excluding hydrogens is 276 g/mol. The SMILES string of the molecule is COc1cc(C(N)=S)ccc1NC(=O)C1CCCCO1. The molecule has 1 amide bonds. The van der Waals surface area contributed by atoms with Crippen molar-refractivity contribution in [1.29, 1.82) is 0 Å². The Morgan fingerprint density at radius 3 is 2.90 bits per heavy atom. The van der Waals surface area contributed by atoms with Crippen LogP contribution in [0.5, 0.6) is 5.75 Å². The second-order valence-corrected chi connectivity index (χ2v) is 5.06. The van der Waals surface area contributed by atoms with Crippen LogP contribution in [0.25, 0.3) is 0 Å². The molecule has 1 aromatic carbocycles. The minimum atomic E-state index is -0.385. The van der Waals surface area contributed by atoms with Crippen molar-refractivity contribution >= 4 is 28.8 Å². The van der Waals surface area contributed by atoms with Crippen LogP contribution in [-0.2, 0) is 9.53 Å². The van der Waals surface area contributed by atoms with Gasteiger partial charge < -0.3 is 20.5 Å². The monoisotopic (exact) mass is 294 g/mol. The fourth-order valence-electron chi connectivity index (χ4n) is 2.11. The van der Waals surface area contributed by atoms with Gasteiger partial charge in [-0.1, -0.05) is 12.2 Å². The molecule has 1 unspecified atom stereocenters. The maximum Gasteiger partial charge on any atom is 0.253 e. The maximum absolute atomic E-state index is 12.1. The lowest BCUT2D eigenvalue weighted by Gasteiger charge is -2.22. The van der Waals surface area contributed by atoms with E-state index in [1.807, 2.05) is 0 Å². The van der Waals surface area contributed by atoms with Gasteiger partial charge in [0.25, 0.3) is 5.91 Å². The number of hydrogen-bond acceptors (Lipinski definition) is 4. The van der Waals surface area contributed by atoms with Gasteiger partial charge in [0.1, 0.15) is 16.8 Å². The molecule has 20 heavy (non-hydrogen) atoms. The van der Waals surface area contributed by atoms with E-state index in [1.165, 1.54) is 7.11 Å². The largest absolute Gasteiger partial charge is 0.495 e. The number of benzene rings is 1.